The lowest BCUT2D eigenvalue weighted by Gasteiger charge is -2.08. The van der Waals surface area contributed by atoms with Gasteiger partial charge in [0.05, 0.1) is 13.1 Å². The quantitative estimate of drug-likeness (QED) is 0.731. The number of hydrogen-bond donors (Lipinski definition) is 2. The van der Waals surface area contributed by atoms with Crippen molar-refractivity contribution in [2.75, 3.05) is 19.6 Å². The summed E-state index contributed by atoms with van der Waals surface area (Å²) in [5.41, 5.74) is 0. The van der Waals surface area contributed by atoms with E-state index in [-0.39, 0.29) is 11.8 Å². The SMILES string of the molecule is Oc1ccc(O)n1CC#CCN1CCCC1. The van der Waals surface area contributed by atoms with Crippen molar-refractivity contribution in [1.82, 2.24) is 9.47 Å². The lowest BCUT2D eigenvalue weighted by molar-refractivity contribution is 0.378. The van der Waals surface area contributed by atoms with Crippen LogP contribution >= 0.6 is 0 Å². The number of rotatable bonds is 2. The molecule has 86 valence electrons. The number of likely N-dealkylation sites (tertiary alicyclic amines) is 1. The van der Waals surface area contributed by atoms with Gasteiger partial charge in [-0.15, -0.1) is 0 Å². The molecule has 1 aliphatic heterocycles. The molecule has 1 fully saturated rings. The van der Waals surface area contributed by atoms with Crippen LogP contribution in [0.4, 0.5) is 0 Å². The van der Waals surface area contributed by atoms with Crippen molar-refractivity contribution < 1.29 is 10.2 Å². The first-order chi connectivity index (χ1) is 7.77. The molecule has 0 amide bonds. The number of aromatic nitrogens is 1. The Bertz CT molecular complexity index is 389. The van der Waals surface area contributed by atoms with Gasteiger partial charge in [0.1, 0.15) is 0 Å². The minimum Gasteiger partial charge on any atom is -0.494 e. The summed E-state index contributed by atoms with van der Waals surface area (Å²) in [5, 5.41) is 18.7. The van der Waals surface area contributed by atoms with Crippen molar-refractivity contribution in [2.24, 2.45) is 0 Å². The van der Waals surface area contributed by atoms with Crippen LogP contribution in [-0.4, -0.2) is 39.3 Å². The Labute approximate surface area is 95.1 Å². The highest BCUT2D eigenvalue weighted by atomic mass is 16.3. The third-order valence-electron chi connectivity index (χ3n) is 2.80. The number of aromatic hydroxyl groups is 2. The summed E-state index contributed by atoms with van der Waals surface area (Å²) in [7, 11) is 0. The fourth-order valence-electron chi connectivity index (χ4n) is 1.85. The second-order valence-corrected chi connectivity index (χ2v) is 3.97. The van der Waals surface area contributed by atoms with E-state index in [4.69, 9.17) is 0 Å². The van der Waals surface area contributed by atoms with E-state index >= 15 is 0 Å². The first-order valence-electron chi connectivity index (χ1n) is 5.53. The molecule has 0 saturated carbocycles. The van der Waals surface area contributed by atoms with E-state index < -0.39 is 0 Å². The van der Waals surface area contributed by atoms with Gasteiger partial charge in [-0.3, -0.25) is 9.47 Å². The lowest BCUT2D eigenvalue weighted by atomic mass is 10.4. The zero-order chi connectivity index (χ0) is 11.4. The van der Waals surface area contributed by atoms with Crippen molar-refractivity contribution in [3.63, 3.8) is 0 Å². The van der Waals surface area contributed by atoms with Gasteiger partial charge in [-0.2, -0.15) is 0 Å². The van der Waals surface area contributed by atoms with Gasteiger partial charge in [0.2, 0.25) is 0 Å². The Hall–Kier alpha value is -1.60. The predicted molar refractivity (Wildman–Crippen MR) is 61.2 cm³/mol. The van der Waals surface area contributed by atoms with Crippen LogP contribution < -0.4 is 0 Å². The molecule has 0 unspecified atom stereocenters. The molecule has 2 rings (SSSR count). The lowest BCUT2D eigenvalue weighted by Crippen LogP contribution is -2.19. The first kappa shape index (κ1) is 10.9. The Balaban J connectivity index is 1.84. The third kappa shape index (κ3) is 2.50. The van der Waals surface area contributed by atoms with E-state index in [9.17, 15) is 10.2 Å². The monoisotopic (exact) mass is 220 g/mol. The van der Waals surface area contributed by atoms with E-state index in [0.29, 0.717) is 6.54 Å². The van der Waals surface area contributed by atoms with Gasteiger partial charge in [0.15, 0.2) is 11.8 Å². The summed E-state index contributed by atoms with van der Waals surface area (Å²) in [6.45, 7) is 3.38. The topological polar surface area (TPSA) is 48.6 Å². The first-order valence-corrected chi connectivity index (χ1v) is 5.53. The van der Waals surface area contributed by atoms with Crippen LogP contribution in [0.2, 0.25) is 0 Å². The molecule has 16 heavy (non-hydrogen) atoms. The molecule has 4 heteroatoms. The average Bonchev–Trinajstić information content (AvgIpc) is 2.87. The molecule has 1 aromatic rings. The van der Waals surface area contributed by atoms with Crippen LogP contribution in [0.1, 0.15) is 12.8 Å². The molecule has 1 aromatic heterocycles. The smallest absolute Gasteiger partial charge is 0.194 e. The molecule has 0 spiro atoms. The molecule has 0 radical (unpaired) electrons. The molecule has 1 aliphatic rings. The summed E-state index contributed by atoms with van der Waals surface area (Å²) in [6.07, 6.45) is 2.53. The Morgan fingerprint density at radius 2 is 1.56 bits per heavy atom. The molecule has 0 aromatic carbocycles. The maximum absolute atomic E-state index is 9.37. The standard InChI is InChI=1S/C12H16N2O2/c15-11-5-6-12(16)14(11)10-4-3-9-13-7-1-2-8-13/h5-6,15-16H,1-2,7-10H2. The van der Waals surface area contributed by atoms with Crippen LogP contribution in [0.15, 0.2) is 12.1 Å². The van der Waals surface area contributed by atoms with E-state index in [1.54, 1.807) is 0 Å². The Kier molecular flexibility index (Phi) is 3.37. The van der Waals surface area contributed by atoms with Gasteiger partial charge in [-0.25, -0.2) is 0 Å². The third-order valence-corrected chi connectivity index (χ3v) is 2.80. The Morgan fingerprint density at radius 1 is 1.00 bits per heavy atom. The molecule has 2 N–H and O–H groups in total. The fourth-order valence-corrected chi connectivity index (χ4v) is 1.85. The van der Waals surface area contributed by atoms with Crippen molar-refractivity contribution in [3.8, 4) is 23.6 Å². The second kappa shape index (κ2) is 4.95. The fraction of sp³-hybridized carbons (Fsp3) is 0.500. The van der Waals surface area contributed by atoms with Gasteiger partial charge >= 0.3 is 0 Å². The van der Waals surface area contributed by atoms with Crippen molar-refractivity contribution in [3.05, 3.63) is 12.1 Å². The van der Waals surface area contributed by atoms with Gasteiger partial charge in [0.25, 0.3) is 0 Å². The minimum atomic E-state index is 0.0490. The second-order valence-electron chi connectivity index (χ2n) is 3.97. The summed E-state index contributed by atoms with van der Waals surface area (Å²) >= 11 is 0. The van der Waals surface area contributed by atoms with Crippen molar-refractivity contribution in [1.29, 1.82) is 0 Å². The van der Waals surface area contributed by atoms with Crippen LogP contribution in [0.3, 0.4) is 0 Å². The number of nitrogens with zero attached hydrogens (tertiary/aromatic N) is 2. The highest BCUT2D eigenvalue weighted by Crippen LogP contribution is 2.19. The summed E-state index contributed by atoms with van der Waals surface area (Å²) in [4.78, 5) is 2.31. The minimum absolute atomic E-state index is 0.0490. The predicted octanol–water partition coefficient (Wildman–Crippen LogP) is 0.999. The highest BCUT2D eigenvalue weighted by molar-refractivity contribution is 5.25. The summed E-state index contributed by atoms with van der Waals surface area (Å²) in [6, 6.07) is 2.91. The molecular weight excluding hydrogens is 204 g/mol. The van der Waals surface area contributed by atoms with Gasteiger partial charge in [0, 0.05) is 12.1 Å². The molecular formula is C12H16N2O2. The molecule has 0 bridgehead atoms. The van der Waals surface area contributed by atoms with Crippen LogP contribution in [-0.2, 0) is 6.54 Å². The van der Waals surface area contributed by atoms with E-state index in [1.165, 1.54) is 29.5 Å². The maximum Gasteiger partial charge on any atom is 0.194 e. The molecule has 1 saturated heterocycles. The van der Waals surface area contributed by atoms with E-state index in [1.807, 2.05) is 0 Å². The van der Waals surface area contributed by atoms with Gasteiger partial charge in [-0.1, -0.05) is 11.8 Å². The van der Waals surface area contributed by atoms with Crippen LogP contribution in [0.5, 0.6) is 11.8 Å². The van der Waals surface area contributed by atoms with E-state index in [2.05, 4.69) is 16.7 Å². The Morgan fingerprint density at radius 3 is 2.19 bits per heavy atom. The maximum atomic E-state index is 9.37. The zero-order valence-corrected chi connectivity index (χ0v) is 9.19. The van der Waals surface area contributed by atoms with Crippen molar-refractivity contribution in [2.45, 2.75) is 19.4 Å². The summed E-state index contributed by atoms with van der Waals surface area (Å²) in [5.74, 6) is 6.10. The largest absolute Gasteiger partial charge is 0.494 e. The normalized spacial score (nSPS) is 16.0. The number of hydrogen-bond acceptors (Lipinski definition) is 3. The summed E-state index contributed by atoms with van der Waals surface area (Å²) < 4.78 is 1.37. The van der Waals surface area contributed by atoms with Gasteiger partial charge in [-0.05, 0) is 25.9 Å². The molecule has 4 nitrogen and oxygen atoms in total. The molecule has 0 aliphatic carbocycles. The van der Waals surface area contributed by atoms with E-state index in [0.717, 1.165) is 19.6 Å². The van der Waals surface area contributed by atoms with Crippen molar-refractivity contribution >= 4 is 0 Å². The van der Waals surface area contributed by atoms with Gasteiger partial charge < -0.3 is 10.2 Å². The van der Waals surface area contributed by atoms with Crippen LogP contribution in [0.25, 0.3) is 0 Å². The van der Waals surface area contributed by atoms with Crippen LogP contribution in [0, 0.1) is 11.8 Å². The molecule has 2 heterocycles. The average molecular weight is 220 g/mol. The molecule has 0 atom stereocenters. The zero-order valence-electron chi connectivity index (χ0n) is 9.19. The highest BCUT2D eigenvalue weighted by Gasteiger charge is 2.08.